The lowest BCUT2D eigenvalue weighted by atomic mass is 9.99. The number of nitrogens with one attached hydrogen (secondary N) is 1. The highest BCUT2D eigenvalue weighted by atomic mass is 15.2. The van der Waals surface area contributed by atoms with Crippen LogP contribution in [0.1, 0.15) is 70.7 Å². The minimum absolute atomic E-state index is 0.353. The summed E-state index contributed by atoms with van der Waals surface area (Å²) in [4.78, 5) is 12.2. The summed E-state index contributed by atoms with van der Waals surface area (Å²) in [6.45, 7) is 12.9. The Kier molecular flexibility index (Phi) is 5.43. The Labute approximate surface area is 129 Å². The molecule has 1 aliphatic heterocycles. The van der Waals surface area contributed by atoms with Crippen molar-refractivity contribution in [3.05, 3.63) is 11.4 Å². The highest BCUT2D eigenvalue weighted by molar-refractivity contribution is 5.59. The topological polar surface area (TPSA) is 41.1 Å². The van der Waals surface area contributed by atoms with E-state index in [2.05, 4.69) is 44.8 Å². The summed E-state index contributed by atoms with van der Waals surface area (Å²) < 4.78 is 0. The molecule has 1 aromatic rings. The Hall–Kier alpha value is -1.32. The van der Waals surface area contributed by atoms with Crippen molar-refractivity contribution in [2.24, 2.45) is 0 Å². The SMILES string of the molecule is CCNc1nc(C(C)C)nc(N2CCCCC2CC)c1C. The first-order valence-electron chi connectivity index (χ1n) is 8.47. The molecular formula is C17H30N4. The summed E-state index contributed by atoms with van der Waals surface area (Å²) in [7, 11) is 0. The van der Waals surface area contributed by atoms with Gasteiger partial charge in [-0.2, -0.15) is 0 Å². The lowest BCUT2D eigenvalue weighted by Crippen LogP contribution is -2.40. The van der Waals surface area contributed by atoms with Crippen molar-refractivity contribution in [1.82, 2.24) is 9.97 Å². The molecule has 0 bridgehead atoms. The van der Waals surface area contributed by atoms with Crippen LogP contribution in [-0.4, -0.2) is 29.1 Å². The van der Waals surface area contributed by atoms with Crippen molar-refractivity contribution in [3.8, 4) is 0 Å². The number of anilines is 2. The average molecular weight is 290 g/mol. The van der Waals surface area contributed by atoms with E-state index in [1.807, 2.05) is 0 Å². The van der Waals surface area contributed by atoms with Gasteiger partial charge in [-0.05, 0) is 39.5 Å². The monoisotopic (exact) mass is 290 g/mol. The molecule has 2 rings (SSSR count). The number of hydrogen-bond acceptors (Lipinski definition) is 4. The zero-order valence-electron chi connectivity index (χ0n) is 14.2. The van der Waals surface area contributed by atoms with Gasteiger partial charge in [-0.3, -0.25) is 0 Å². The van der Waals surface area contributed by atoms with Crippen LogP contribution in [0.3, 0.4) is 0 Å². The zero-order valence-corrected chi connectivity index (χ0v) is 14.2. The minimum Gasteiger partial charge on any atom is -0.370 e. The van der Waals surface area contributed by atoms with E-state index in [9.17, 15) is 0 Å². The van der Waals surface area contributed by atoms with Crippen LogP contribution in [0.4, 0.5) is 11.6 Å². The van der Waals surface area contributed by atoms with E-state index in [1.165, 1.54) is 31.2 Å². The van der Waals surface area contributed by atoms with Crippen molar-refractivity contribution in [1.29, 1.82) is 0 Å². The molecule has 2 heterocycles. The molecule has 1 unspecified atom stereocenters. The third kappa shape index (κ3) is 3.47. The van der Waals surface area contributed by atoms with Crippen LogP contribution >= 0.6 is 0 Å². The summed E-state index contributed by atoms with van der Waals surface area (Å²) in [5.41, 5.74) is 1.20. The van der Waals surface area contributed by atoms with E-state index in [0.29, 0.717) is 12.0 Å². The molecule has 1 atom stereocenters. The maximum Gasteiger partial charge on any atom is 0.137 e. The van der Waals surface area contributed by atoms with Crippen LogP contribution in [-0.2, 0) is 0 Å². The third-order valence-corrected chi connectivity index (χ3v) is 4.37. The Balaban J connectivity index is 2.44. The fourth-order valence-electron chi connectivity index (χ4n) is 3.10. The normalized spacial score (nSPS) is 19.1. The van der Waals surface area contributed by atoms with E-state index in [4.69, 9.17) is 9.97 Å². The van der Waals surface area contributed by atoms with Crippen LogP contribution < -0.4 is 10.2 Å². The molecule has 0 aromatic carbocycles. The highest BCUT2D eigenvalue weighted by Crippen LogP contribution is 2.31. The lowest BCUT2D eigenvalue weighted by molar-refractivity contribution is 0.445. The molecule has 1 saturated heterocycles. The summed E-state index contributed by atoms with van der Waals surface area (Å²) in [5.74, 6) is 3.46. The average Bonchev–Trinajstić information content (AvgIpc) is 2.49. The molecule has 0 spiro atoms. The van der Waals surface area contributed by atoms with E-state index in [0.717, 1.165) is 30.5 Å². The predicted octanol–water partition coefficient (Wildman–Crippen LogP) is 4.11. The van der Waals surface area contributed by atoms with Gasteiger partial charge in [0.2, 0.25) is 0 Å². The van der Waals surface area contributed by atoms with E-state index < -0.39 is 0 Å². The smallest absolute Gasteiger partial charge is 0.137 e. The fraction of sp³-hybridized carbons (Fsp3) is 0.765. The molecular weight excluding hydrogens is 260 g/mol. The van der Waals surface area contributed by atoms with Gasteiger partial charge in [0, 0.05) is 30.6 Å². The first-order valence-corrected chi connectivity index (χ1v) is 8.47. The predicted molar refractivity (Wildman–Crippen MR) is 90.3 cm³/mol. The quantitative estimate of drug-likeness (QED) is 0.886. The molecule has 1 aliphatic rings. The van der Waals surface area contributed by atoms with E-state index in [1.54, 1.807) is 0 Å². The van der Waals surface area contributed by atoms with E-state index in [-0.39, 0.29) is 0 Å². The van der Waals surface area contributed by atoms with Crippen LogP contribution in [0.15, 0.2) is 0 Å². The van der Waals surface area contributed by atoms with Crippen LogP contribution in [0.25, 0.3) is 0 Å². The minimum atomic E-state index is 0.353. The van der Waals surface area contributed by atoms with Gasteiger partial charge in [-0.15, -0.1) is 0 Å². The maximum absolute atomic E-state index is 4.91. The van der Waals surface area contributed by atoms with Crippen molar-refractivity contribution < 1.29 is 0 Å². The van der Waals surface area contributed by atoms with Gasteiger partial charge < -0.3 is 10.2 Å². The first-order chi connectivity index (χ1) is 10.1. The van der Waals surface area contributed by atoms with Gasteiger partial charge in [0.05, 0.1) is 0 Å². The van der Waals surface area contributed by atoms with Gasteiger partial charge in [-0.1, -0.05) is 20.8 Å². The zero-order chi connectivity index (χ0) is 15.4. The van der Waals surface area contributed by atoms with Gasteiger partial charge in [-0.25, -0.2) is 9.97 Å². The molecule has 4 heteroatoms. The van der Waals surface area contributed by atoms with Gasteiger partial charge in [0.15, 0.2) is 0 Å². The second-order valence-electron chi connectivity index (χ2n) is 6.32. The molecule has 0 radical (unpaired) electrons. The summed E-state index contributed by atoms with van der Waals surface area (Å²) in [5, 5.41) is 3.41. The number of rotatable bonds is 5. The fourth-order valence-corrected chi connectivity index (χ4v) is 3.10. The third-order valence-electron chi connectivity index (χ3n) is 4.37. The Morgan fingerprint density at radius 1 is 1.24 bits per heavy atom. The van der Waals surface area contributed by atoms with Crippen molar-refractivity contribution in [2.75, 3.05) is 23.3 Å². The van der Waals surface area contributed by atoms with Gasteiger partial charge >= 0.3 is 0 Å². The standard InChI is InChI=1S/C17H30N4/c1-6-14-10-8-9-11-21(14)17-13(5)16(18-7-2)19-15(20-17)12(3)4/h12,14H,6-11H2,1-5H3,(H,18,19,20). The number of piperidine rings is 1. The van der Waals surface area contributed by atoms with Crippen LogP contribution in [0.5, 0.6) is 0 Å². The number of aromatic nitrogens is 2. The first kappa shape index (κ1) is 16.1. The second-order valence-corrected chi connectivity index (χ2v) is 6.32. The van der Waals surface area contributed by atoms with Gasteiger partial charge in [0.1, 0.15) is 17.5 Å². The maximum atomic E-state index is 4.91. The van der Waals surface area contributed by atoms with Gasteiger partial charge in [0.25, 0.3) is 0 Å². The van der Waals surface area contributed by atoms with Crippen molar-refractivity contribution in [2.45, 2.75) is 72.3 Å². The Morgan fingerprint density at radius 3 is 2.62 bits per heavy atom. The summed E-state index contributed by atoms with van der Waals surface area (Å²) in [6, 6.07) is 0.627. The van der Waals surface area contributed by atoms with Crippen molar-refractivity contribution in [3.63, 3.8) is 0 Å². The molecule has 21 heavy (non-hydrogen) atoms. The van der Waals surface area contributed by atoms with Crippen LogP contribution in [0.2, 0.25) is 0 Å². The molecule has 0 amide bonds. The van der Waals surface area contributed by atoms with Crippen LogP contribution in [0, 0.1) is 6.92 Å². The lowest BCUT2D eigenvalue weighted by Gasteiger charge is -2.37. The summed E-state index contributed by atoms with van der Waals surface area (Å²) in [6.07, 6.45) is 5.09. The molecule has 0 aliphatic carbocycles. The molecule has 0 saturated carbocycles. The summed E-state index contributed by atoms with van der Waals surface area (Å²) >= 11 is 0. The number of hydrogen-bond donors (Lipinski definition) is 1. The molecule has 1 aromatic heterocycles. The molecule has 1 fully saturated rings. The number of nitrogens with zero attached hydrogens (tertiary/aromatic N) is 3. The molecule has 1 N–H and O–H groups in total. The largest absolute Gasteiger partial charge is 0.370 e. The second kappa shape index (κ2) is 7.10. The molecule has 118 valence electrons. The van der Waals surface area contributed by atoms with E-state index >= 15 is 0 Å². The Morgan fingerprint density at radius 2 is 2.00 bits per heavy atom. The molecule has 4 nitrogen and oxygen atoms in total. The Bertz CT molecular complexity index is 470. The highest BCUT2D eigenvalue weighted by Gasteiger charge is 2.25. The van der Waals surface area contributed by atoms with Crippen molar-refractivity contribution >= 4 is 11.6 Å².